The van der Waals surface area contributed by atoms with Crippen LogP contribution in [-0.2, 0) is 11.4 Å². The number of aliphatic carboxylic acids is 1. The van der Waals surface area contributed by atoms with Crippen LogP contribution in [0.25, 0.3) is 0 Å². The first-order valence-electron chi connectivity index (χ1n) is 7.36. The number of halogens is 1. The number of carbonyl (C=O) groups is 1. The van der Waals surface area contributed by atoms with Crippen LogP contribution in [0.5, 0.6) is 5.75 Å². The number of nitrogens with zero attached hydrogens (tertiary/aromatic N) is 1. The molecular weight excluding hydrogens is 328 g/mol. The molecule has 0 saturated carbocycles. The lowest BCUT2D eigenvalue weighted by molar-refractivity contribution is -0.137. The summed E-state index contributed by atoms with van der Waals surface area (Å²) in [6.07, 6.45) is -0.0484. The Morgan fingerprint density at radius 2 is 2.00 bits per heavy atom. The summed E-state index contributed by atoms with van der Waals surface area (Å²) in [7, 11) is 0. The molecule has 5 nitrogen and oxygen atoms in total. The number of ether oxygens (including phenoxy) is 1. The van der Waals surface area contributed by atoms with E-state index < -0.39 is 5.97 Å². The Kier molecular flexibility index (Phi) is 6.19. The van der Waals surface area contributed by atoms with E-state index in [9.17, 15) is 4.79 Å². The first-order chi connectivity index (χ1) is 11.5. The quantitative estimate of drug-likeness (QED) is 0.803. The Bertz CT molecular complexity index is 754. The third kappa shape index (κ3) is 4.72. The maximum atomic E-state index is 10.9. The van der Waals surface area contributed by atoms with Gasteiger partial charge in [-0.25, -0.2) is 0 Å². The molecule has 124 valence electrons. The zero-order valence-corrected chi connectivity index (χ0v) is 13.7. The molecule has 0 aliphatic heterocycles. The second-order valence-corrected chi connectivity index (χ2v) is 5.72. The molecule has 0 amide bonds. The summed E-state index contributed by atoms with van der Waals surface area (Å²) in [6, 6.07) is 14.3. The van der Waals surface area contributed by atoms with Crippen molar-refractivity contribution in [1.29, 1.82) is 5.26 Å². The summed E-state index contributed by atoms with van der Waals surface area (Å²) in [6.45, 7) is 0.518. The van der Waals surface area contributed by atoms with E-state index in [1.165, 1.54) is 0 Å². The van der Waals surface area contributed by atoms with Crippen molar-refractivity contribution in [3.63, 3.8) is 0 Å². The van der Waals surface area contributed by atoms with Crippen LogP contribution in [0.3, 0.4) is 0 Å². The Labute approximate surface area is 145 Å². The Balaban J connectivity index is 2.12. The molecule has 24 heavy (non-hydrogen) atoms. The lowest BCUT2D eigenvalue weighted by Gasteiger charge is -2.15. The summed E-state index contributed by atoms with van der Waals surface area (Å²) in [5.41, 5.74) is 7.93. The fraction of sp³-hybridized carbons (Fsp3) is 0.222. The molecule has 0 aromatic heterocycles. The summed E-state index contributed by atoms with van der Waals surface area (Å²) in [4.78, 5) is 10.9. The molecule has 0 unspecified atom stereocenters. The average molecular weight is 345 g/mol. The maximum Gasteiger partial charge on any atom is 0.304 e. The van der Waals surface area contributed by atoms with Gasteiger partial charge >= 0.3 is 5.97 Å². The van der Waals surface area contributed by atoms with Gasteiger partial charge in [0.05, 0.1) is 23.1 Å². The molecule has 2 rings (SSSR count). The topological polar surface area (TPSA) is 96.3 Å². The number of hydrogen-bond donors (Lipinski definition) is 2. The first kappa shape index (κ1) is 17.8. The monoisotopic (exact) mass is 344 g/mol. The van der Waals surface area contributed by atoms with Crippen LogP contribution in [0.2, 0.25) is 5.02 Å². The van der Waals surface area contributed by atoms with Crippen LogP contribution in [0.1, 0.15) is 29.0 Å². The molecule has 0 saturated heterocycles. The predicted octanol–water partition coefficient (Wildman–Crippen LogP) is 3.31. The maximum absolute atomic E-state index is 10.9. The number of rotatable bonds is 7. The lowest BCUT2D eigenvalue weighted by atomic mass is 9.96. The van der Waals surface area contributed by atoms with Gasteiger partial charge in [-0.2, -0.15) is 5.26 Å². The van der Waals surface area contributed by atoms with Crippen molar-refractivity contribution in [2.24, 2.45) is 5.73 Å². The normalized spacial score (nSPS) is 11.5. The highest BCUT2D eigenvalue weighted by atomic mass is 35.5. The molecule has 0 spiro atoms. The SMILES string of the molecule is N#Cc1ccc(COc2cc([C@H](CN)CC(=O)O)ccc2Cl)cc1. The van der Waals surface area contributed by atoms with E-state index in [4.69, 9.17) is 32.4 Å². The summed E-state index contributed by atoms with van der Waals surface area (Å²) in [5, 5.41) is 18.2. The van der Waals surface area contributed by atoms with Gasteiger partial charge in [0.15, 0.2) is 0 Å². The minimum absolute atomic E-state index is 0.0484. The second-order valence-electron chi connectivity index (χ2n) is 5.32. The number of nitrogens with two attached hydrogens (primary N) is 1. The number of nitriles is 1. The zero-order valence-electron chi connectivity index (χ0n) is 12.9. The predicted molar refractivity (Wildman–Crippen MR) is 91.0 cm³/mol. The van der Waals surface area contributed by atoms with Crippen LogP contribution in [-0.4, -0.2) is 17.6 Å². The minimum Gasteiger partial charge on any atom is -0.487 e. The van der Waals surface area contributed by atoms with Crippen molar-refractivity contribution in [3.8, 4) is 11.8 Å². The molecule has 0 fully saturated rings. The van der Waals surface area contributed by atoms with E-state index in [1.54, 1.807) is 30.3 Å². The van der Waals surface area contributed by atoms with Gasteiger partial charge in [-0.15, -0.1) is 0 Å². The molecule has 0 bridgehead atoms. The molecule has 6 heteroatoms. The Hall–Kier alpha value is -2.55. The summed E-state index contributed by atoms with van der Waals surface area (Å²) in [5.74, 6) is -0.722. The Morgan fingerprint density at radius 3 is 2.58 bits per heavy atom. The van der Waals surface area contributed by atoms with Crippen LogP contribution in [0, 0.1) is 11.3 Å². The van der Waals surface area contributed by atoms with Crippen LogP contribution in [0.4, 0.5) is 0 Å². The third-order valence-electron chi connectivity index (χ3n) is 3.61. The molecule has 0 radical (unpaired) electrons. The molecule has 2 aromatic rings. The van der Waals surface area contributed by atoms with Crippen molar-refractivity contribution in [2.45, 2.75) is 18.9 Å². The van der Waals surface area contributed by atoms with Gasteiger partial charge in [0, 0.05) is 5.92 Å². The number of benzene rings is 2. The van der Waals surface area contributed by atoms with Crippen molar-refractivity contribution in [2.75, 3.05) is 6.54 Å². The highest BCUT2D eigenvalue weighted by molar-refractivity contribution is 6.32. The van der Waals surface area contributed by atoms with Crippen molar-refractivity contribution in [3.05, 3.63) is 64.2 Å². The van der Waals surface area contributed by atoms with Gasteiger partial charge < -0.3 is 15.6 Å². The number of hydrogen-bond acceptors (Lipinski definition) is 4. The summed E-state index contributed by atoms with van der Waals surface area (Å²) < 4.78 is 5.73. The Morgan fingerprint density at radius 1 is 1.29 bits per heavy atom. The van der Waals surface area contributed by atoms with Crippen molar-refractivity contribution in [1.82, 2.24) is 0 Å². The molecule has 3 N–H and O–H groups in total. The largest absolute Gasteiger partial charge is 0.487 e. The number of carboxylic acids is 1. The highest BCUT2D eigenvalue weighted by Crippen LogP contribution is 2.30. The third-order valence-corrected chi connectivity index (χ3v) is 3.92. The van der Waals surface area contributed by atoms with E-state index in [2.05, 4.69) is 6.07 Å². The fourth-order valence-corrected chi connectivity index (χ4v) is 2.44. The minimum atomic E-state index is -0.902. The molecule has 1 atom stereocenters. The molecular formula is C18H17ClN2O3. The second kappa shape index (κ2) is 8.34. The van der Waals surface area contributed by atoms with Gasteiger partial charge in [-0.1, -0.05) is 29.8 Å². The lowest BCUT2D eigenvalue weighted by Crippen LogP contribution is -2.16. The number of carboxylic acid groups (broad SMARTS) is 1. The standard InChI is InChI=1S/C18H17ClN2O3/c19-16-6-5-14(15(10-21)8-18(22)23)7-17(16)24-11-13-3-1-12(9-20)2-4-13/h1-7,15H,8,10-11,21H2,(H,22,23)/t15-/m0/s1. The van der Waals surface area contributed by atoms with Crippen LogP contribution < -0.4 is 10.5 Å². The fourth-order valence-electron chi connectivity index (χ4n) is 2.27. The van der Waals surface area contributed by atoms with E-state index in [0.29, 0.717) is 22.9 Å². The average Bonchev–Trinajstić information content (AvgIpc) is 2.59. The smallest absolute Gasteiger partial charge is 0.304 e. The first-order valence-corrected chi connectivity index (χ1v) is 7.74. The molecule has 2 aromatic carbocycles. The van der Waals surface area contributed by atoms with Gasteiger partial charge in [-0.3, -0.25) is 4.79 Å². The molecule has 0 heterocycles. The molecule has 0 aliphatic rings. The highest BCUT2D eigenvalue weighted by Gasteiger charge is 2.16. The van der Waals surface area contributed by atoms with Crippen molar-refractivity contribution < 1.29 is 14.6 Å². The van der Waals surface area contributed by atoms with Gasteiger partial charge in [0.2, 0.25) is 0 Å². The summed E-state index contributed by atoms with van der Waals surface area (Å²) >= 11 is 6.15. The van der Waals surface area contributed by atoms with Gasteiger partial charge in [0.25, 0.3) is 0 Å². The van der Waals surface area contributed by atoms with E-state index in [-0.39, 0.29) is 18.9 Å². The van der Waals surface area contributed by atoms with Gasteiger partial charge in [0.1, 0.15) is 12.4 Å². The van der Waals surface area contributed by atoms with Crippen molar-refractivity contribution >= 4 is 17.6 Å². The molecule has 0 aliphatic carbocycles. The van der Waals surface area contributed by atoms with E-state index >= 15 is 0 Å². The zero-order chi connectivity index (χ0) is 17.5. The van der Waals surface area contributed by atoms with Gasteiger partial charge in [-0.05, 0) is 41.9 Å². The van der Waals surface area contributed by atoms with Crippen LogP contribution >= 0.6 is 11.6 Å². The van der Waals surface area contributed by atoms with E-state index in [1.807, 2.05) is 12.1 Å². The van der Waals surface area contributed by atoms with Crippen LogP contribution in [0.15, 0.2) is 42.5 Å². The van der Waals surface area contributed by atoms with E-state index in [0.717, 1.165) is 11.1 Å².